The van der Waals surface area contributed by atoms with Crippen molar-refractivity contribution in [3.63, 3.8) is 0 Å². The van der Waals surface area contributed by atoms with Crippen LogP contribution < -0.4 is 4.74 Å². The molecule has 0 atom stereocenters. The Bertz CT molecular complexity index is 365. The molecule has 17 heavy (non-hydrogen) atoms. The maximum atomic E-state index is 10.9. The highest BCUT2D eigenvalue weighted by atomic mass is 35.5. The van der Waals surface area contributed by atoms with Crippen LogP contribution in [0.25, 0.3) is 0 Å². The molecule has 1 aromatic rings. The molecule has 0 bridgehead atoms. The van der Waals surface area contributed by atoms with Crippen molar-refractivity contribution in [2.75, 3.05) is 11.8 Å². The second-order valence-electron chi connectivity index (χ2n) is 3.44. The molecule has 1 aromatic carbocycles. The third-order valence-electron chi connectivity index (χ3n) is 2.05. The summed E-state index contributed by atoms with van der Waals surface area (Å²) in [5.41, 5.74) is 0.794. The first-order chi connectivity index (χ1) is 8.17. The van der Waals surface area contributed by atoms with Crippen molar-refractivity contribution in [3.8, 4) is 5.75 Å². The van der Waals surface area contributed by atoms with Gasteiger partial charge in [-0.1, -0.05) is 18.2 Å². The van der Waals surface area contributed by atoms with E-state index in [1.54, 1.807) is 12.1 Å². The van der Waals surface area contributed by atoms with E-state index < -0.39 is 0 Å². The summed E-state index contributed by atoms with van der Waals surface area (Å²) in [6, 6.07) is 7.19. The van der Waals surface area contributed by atoms with Crippen LogP contribution in [0.1, 0.15) is 12.5 Å². The average Bonchev–Trinajstić information content (AvgIpc) is 2.31. The number of carbonyl (C=O) groups is 1. The van der Waals surface area contributed by atoms with Gasteiger partial charge in [0.05, 0.1) is 12.7 Å². The van der Waals surface area contributed by atoms with Gasteiger partial charge >= 0.3 is 5.97 Å². The topological polar surface area (TPSA) is 35.5 Å². The molecular formula is C12H14Cl2O3. The molecule has 0 saturated heterocycles. The summed E-state index contributed by atoms with van der Waals surface area (Å²) < 4.78 is 10.6. The number of esters is 1. The summed E-state index contributed by atoms with van der Waals surface area (Å²) in [6.45, 7) is 1.67. The Morgan fingerprint density at radius 2 is 1.94 bits per heavy atom. The highest BCUT2D eigenvalue weighted by Crippen LogP contribution is 2.19. The van der Waals surface area contributed by atoms with Crippen molar-refractivity contribution in [1.29, 1.82) is 0 Å². The van der Waals surface area contributed by atoms with Crippen molar-refractivity contribution < 1.29 is 14.3 Å². The fourth-order valence-corrected chi connectivity index (χ4v) is 1.72. The Balaban J connectivity index is 2.66. The van der Waals surface area contributed by atoms with Gasteiger partial charge < -0.3 is 9.47 Å². The molecule has 0 aromatic heterocycles. The largest absolute Gasteiger partial charge is 0.426 e. The van der Waals surface area contributed by atoms with E-state index in [1.807, 2.05) is 12.1 Å². The molecule has 0 saturated carbocycles. The predicted molar refractivity (Wildman–Crippen MR) is 67.8 cm³/mol. The minimum atomic E-state index is -0.358. The van der Waals surface area contributed by atoms with Crippen LogP contribution >= 0.6 is 23.2 Å². The van der Waals surface area contributed by atoms with E-state index in [0.717, 1.165) is 5.56 Å². The van der Waals surface area contributed by atoms with Crippen molar-refractivity contribution in [1.82, 2.24) is 0 Å². The van der Waals surface area contributed by atoms with Crippen LogP contribution in [0.5, 0.6) is 5.75 Å². The number of alkyl halides is 2. The van der Waals surface area contributed by atoms with Crippen LogP contribution in [-0.2, 0) is 16.1 Å². The Morgan fingerprint density at radius 3 is 2.53 bits per heavy atom. The molecular weight excluding hydrogens is 263 g/mol. The lowest BCUT2D eigenvalue weighted by molar-refractivity contribution is -0.132. The molecule has 94 valence electrons. The molecule has 0 amide bonds. The predicted octanol–water partition coefficient (Wildman–Crippen LogP) is 2.97. The van der Waals surface area contributed by atoms with Crippen molar-refractivity contribution in [2.45, 2.75) is 19.6 Å². The second-order valence-corrected chi connectivity index (χ2v) is 4.06. The second kappa shape index (κ2) is 7.54. The van der Waals surface area contributed by atoms with Gasteiger partial charge in [0.2, 0.25) is 0 Å². The first-order valence-electron chi connectivity index (χ1n) is 5.17. The molecule has 0 unspecified atom stereocenters. The van der Waals surface area contributed by atoms with E-state index in [4.69, 9.17) is 32.7 Å². The monoisotopic (exact) mass is 276 g/mol. The van der Waals surface area contributed by atoms with Gasteiger partial charge in [-0.2, -0.15) is 0 Å². The number of ether oxygens (including phenoxy) is 2. The Kier molecular flexibility index (Phi) is 6.34. The minimum absolute atomic E-state index is 0.205. The van der Waals surface area contributed by atoms with Crippen LogP contribution in [0.3, 0.4) is 0 Å². The van der Waals surface area contributed by atoms with Gasteiger partial charge in [0.1, 0.15) is 5.75 Å². The first kappa shape index (κ1) is 14.3. The number of hydrogen-bond donors (Lipinski definition) is 0. The molecule has 3 nitrogen and oxygen atoms in total. The van der Waals surface area contributed by atoms with Gasteiger partial charge in [0.25, 0.3) is 0 Å². The van der Waals surface area contributed by atoms with Gasteiger partial charge in [-0.25, -0.2) is 0 Å². The lowest BCUT2D eigenvalue weighted by Gasteiger charge is -2.13. The zero-order valence-electron chi connectivity index (χ0n) is 9.49. The normalized spacial score (nSPS) is 10.6. The standard InChI is InChI=1S/C12H14Cl2O3/c1-9(15)17-12-5-3-2-4-10(12)8-16-11(6-13)7-14/h2-5,11H,6-8H2,1H3. The van der Waals surface area contributed by atoms with Gasteiger partial charge in [0, 0.05) is 24.2 Å². The van der Waals surface area contributed by atoms with Crippen molar-refractivity contribution in [3.05, 3.63) is 29.8 Å². The summed E-state index contributed by atoms with van der Waals surface area (Å²) in [5.74, 6) is 0.810. The first-order valence-corrected chi connectivity index (χ1v) is 6.24. The number of carbonyl (C=O) groups excluding carboxylic acids is 1. The number of halogens is 2. The molecule has 0 heterocycles. The van der Waals surface area contributed by atoms with Gasteiger partial charge in [0.15, 0.2) is 0 Å². The summed E-state index contributed by atoms with van der Waals surface area (Å²) in [7, 11) is 0. The van der Waals surface area contributed by atoms with Gasteiger partial charge in [-0.05, 0) is 6.07 Å². The lowest BCUT2D eigenvalue weighted by Crippen LogP contribution is -2.16. The Morgan fingerprint density at radius 1 is 1.29 bits per heavy atom. The van der Waals surface area contributed by atoms with Crippen molar-refractivity contribution >= 4 is 29.2 Å². The van der Waals surface area contributed by atoms with E-state index in [0.29, 0.717) is 24.1 Å². The lowest BCUT2D eigenvalue weighted by atomic mass is 10.2. The zero-order chi connectivity index (χ0) is 12.7. The van der Waals surface area contributed by atoms with Gasteiger partial charge in [-0.3, -0.25) is 4.79 Å². The quantitative estimate of drug-likeness (QED) is 0.455. The summed E-state index contributed by atoms with van der Waals surface area (Å²) in [6.07, 6.45) is -0.205. The molecule has 0 spiro atoms. The smallest absolute Gasteiger partial charge is 0.308 e. The number of benzene rings is 1. The molecule has 0 N–H and O–H groups in total. The fraction of sp³-hybridized carbons (Fsp3) is 0.417. The third-order valence-corrected chi connectivity index (χ3v) is 2.73. The molecule has 0 aliphatic rings. The van der Waals surface area contributed by atoms with Crippen LogP contribution in [0, 0.1) is 0 Å². The summed E-state index contributed by atoms with van der Waals surface area (Å²) in [4.78, 5) is 10.9. The molecule has 0 fully saturated rings. The maximum absolute atomic E-state index is 10.9. The molecule has 0 aliphatic heterocycles. The number of hydrogen-bond acceptors (Lipinski definition) is 3. The van der Waals surface area contributed by atoms with E-state index in [1.165, 1.54) is 6.92 Å². The zero-order valence-corrected chi connectivity index (χ0v) is 11.0. The van der Waals surface area contributed by atoms with E-state index in [2.05, 4.69) is 0 Å². The molecule has 0 radical (unpaired) electrons. The van der Waals surface area contributed by atoms with Crippen molar-refractivity contribution in [2.24, 2.45) is 0 Å². The molecule has 1 rings (SSSR count). The summed E-state index contributed by atoms with van der Waals surface area (Å²) >= 11 is 11.3. The third kappa shape index (κ3) is 4.94. The highest BCUT2D eigenvalue weighted by Gasteiger charge is 2.09. The highest BCUT2D eigenvalue weighted by molar-refractivity contribution is 6.21. The SMILES string of the molecule is CC(=O)Oc1ccccc1COC(CCl)CCl. The van der Waals surface area contributed by atoms with Crippen LogP contribution in [0.4, 0.5) is 0 Å². The maximum Gasteiger partial charge on any atom is 0.308 e. The van der Waals surface area contributed by atoms with Crippen LogP contribution in [0.2, 0.25) is 0 Å². The Labute approximate surface area is 111 Å². The van der Waals surface area contributed by atoms with E-state index in [-0.39, 0.29) is 12.1 Å². The summed E-state index contributed by atoms with van der Waals surface area (Å²) in [5, 5.41) is 0. The number of para-hydroxylation sites is 1. The molecule has 5 heteroatoms. The van der Waals surface area contributed by atoms with E-state index in [9.17, 15) is 4.79 Å². The molecule has 0 aliphatic carbocycles. The Hall–Kier alpha value is -0.770. The van der Waals surface area contributed by atoms with E-state index >= 15 is 0 Å². The average molecular weight is 277 g/mol. The van der Waals surface area contributed by atoms with Crippen LogP contribution in [-0.4, -0.2) is 23.8 Å². The van der Waals surface area contributed by atoms with Crippen LogP contribution in [0.15, 0.2) is 24.3 Å². The fourth-order valence-electron chi connectivity index (χ4n) is 1.22. The number of rotatable bonds is 6. The van der Waals surface area contributed by atoms with Gasteiger partial charge in [-0.15, -0.1) is 23.2 Å². The minimum Gasteiger partial charge on any atom is -0.426 e.